The number of benzene rings is 1. The van der Waals surface area contributed by atoms with Crippen LogP contribution in [0.25, 0.3) is 0 Å². The lowest BCUT2D eigenvalue weighted by Gasteiger charge is -2.44. The van der Waals surface area contributed by atoms with Crippen LogP contribution in [0.15, 0.2) is 54.8 Å². The lowest BCUT2D eigenvalue weighted by molar-refractivity contribution is -0.150. The van der Waals surface area contributed by atoms with E-state index in [1.165, 1.54) is 0 Å². The van der Waals surface area contributed by atoms with Crippen molar-refractivity contribution in [1.82, 2.24) is 4.90 Å². The molecule has 1 heterocycles. The number of carbonyl (C=O) groups is 2. The number of fused-ring (bicyclic) bond motifs is 1. The van der Waals surface area contributed by atoms with Crippen molar-refractivity contribution < 1.29 is 19.1 Å². The number of likely N-dealkylation sites (tertiary alicyclic amines) is 1. The molecular formula is C23H29NO4. The SMILES string of the molecule is C=CC[C@@H]1CC[C@@H]2C(=CCC[C@H]2C(=O)OCC)N1C(=O)OCc1ccccc1. The summed E-state index contributed by atoms with van der Waals surface area (Å²) in [5, 5.41) is 0. The minimum atomic E-state index is -0.351. The molecule has 2 aliphatic rings. The molecule has 0 bridgehead atoms. The first kappa shape index (κ1) is 20.2. The van der Waals surface area contributed by atoms with Gasteiger partial charge in [-0.15, -0.1) is 6.58 Å². The average Bonchev–Trinajstić information content (AvgIpc) is 2.72. The van der Waals surface area contributed by atoms with Gasteiger partial charge in [0.15, 0.2) is 0 Å². The van der Waals surface area contributed by atoms with Gasteiger partial charge in [0.2, 0.25) is 0 Å². The van der Waals surface area contributed by atoms with E-state index >= 15 is 0 Å². The molecule has 3 atom stereocenters. The van der Waals surface area contributed by atoms with E-state index in [-0.39, 0.29) is 36.5 Å². The maximum Gasteiger partial charge on any atom is 0.414 e. The maximum atomic E-state index is 13.0. The van der Waals surface area contributed by atoms with Crippen molar-refractivity contribution in [2.45, 2.75) is 51.7 Å². The van der Waals surface area contributed by atoms with Crippen LogP contribution in [0.4, 0.5) is 4.79 Å². The Hall–Kier alpha value is -2.56. The summed E-state index contributed by atoms with van der Waals surface area (Å²) in [5.74, 6) is -0.329. The van der Waals surface area contributed by atoms with Gasteiger partial charge in [0.25, 0.3) is 0 Å². The summed E-state index contributed by atoms with van der Waals surface area (Å²) in [7, 11) is 0. The van der Waals surface area contributed by atoms with Crippen molar-refractivity contribution in [2.24, 2.45) is 11.8 Å². The van der Waals surface area contributed by atoms with E-state index in [2.05, 4.69) is 12.7 Å². The zero-order chi connectivity index (χ0) is 19.9. The maximum absolute atomic E-state index is 13.0. The summed E-state index contributed by atoms with van der Waals surface area (Å²) in [5.41, 5.74) is 1.87. The molecule has 0 spiro atoms. The van der Waals surface area contributed by atoms with E-state index < -0.39 is 0 Å². The van der Waals surface area contributed by atoms with Crippen molar-refractivity contribution >= 4 is 12.1 Å². The van der Waals surface area contributed by atoms with E-state index in [4.69, 9.17) is 9.47 Å². The summed E-state index contributed by atoms with van der Waals surface area (Å²) in [6.45, 7) is 6.28. The Morgan fingerprint density at radius 1 is 1.18 bits per heavy atom. The molecule has 1 fully saturated rings. The van der Waals surface area contributed by atoms with Crippen LogP contribution >= 0.6 is 0 Å². The molecule has 0 N–H and O–H groups in total. The lowest BCUT2D eigenvalue weighted by atomic mass is 9.74. The molecule has 0 aromatic heterocycles. The molecule has 28 heavy (non-hydrogen) atoms. The fourth-order valence-corrected chi connectivity index (χ4v) is 4.30. The lowest BCUT2D eigenvalue weighted by Crippen LogP contribution is -2.48. The van der Waals surface area contributed by atoms with Crippen LogP contribution < -0.4 is 0 Å². The highest BCUT2D eigenvalue weighted by Crippen LogP contribution is 2.42. The zero-order valence-electron chi connectivity index (χ0n) is 16.5. The fourth-order valence-electron chi connectivity index (χ4n) is 4.30. The van der Waals surface area contributed by atoms with Crippen LogP contribution in [-0.4, -0.2) is 29.6 Å². The minimum Gasteiger partial charge on any atom is -0.466 e. The third-order valence-corrected chi connectivity index (χ3v) is 5.58. The van der Waals surface area contributed by atoms with Crippen LogP contribution in [0.3, 0.4) is 0 Å². The number of nitrogens with zero attached hydrogens (tertiary/aromatic N) is 1. The second kappa shape index (κ2) is 9.58. The molecule has 1 aromatic carbocycles. The van der Waals surface area contributed by atoms with Gasteiger partial charge in [-0.25, -0.2) is 4.79 Å². The molecule has 1 aromatic rings. The van der Waals surface area contributed by atoms with Gasteiger partial charge in [0.1, 0.15) is 6.61 Å². The smallest absolute Gasteiger partial charge is 0.414 e. The predicted octanol–water partition coefficient (Wildman–Crippen LogP) is 4.84. The molecule has 1 saturated heterocycles. The molecule has 5 heteroatoms. The molecule has 1 amide bonds. The van der Waals surface area contributed by atoms with Crippen molar-refractivity contribution in [2.75, 3.05) is 6.61 Å². The second-order valence-corrected chi connectivity index (χ2v) is 7.34. The van der Waals surface area contributed by atoms with E-state index in [0.29, 0.717) is 13.0 Å². The molecule has 0 radical (unpaired) electrons. The first-order valence-corrected chi connectivity index (χ1v) is 10.1. The van der Waals surface area contributed by atoms with Gasteiger partial charge in [-0.05, 0) is 44.6 Å². The molecule has 5 nitrogen and oxygen atoms in total. The number of hydrogen-bond acceptors (Lipinski definition) is 4. The number of carbonyl (C=O) groups excluding carboxylic acids is 2. The zero-order valence-corrected chi connectivity index (χ0v) is 16.5. The molecule has 0 unspecified atom stereocenters. The molecular weight excluding hydrogens is 354 g/mol. The Kier molecular flexibility index (Phi) is 6.90. The largest absolute Gasteiger partial charge is 0.466 e. The van der Waals surface area contributed by atoms with E-state index in [0.717, 1.165) is 36.9 Å². The highest BCUT2D eigenvalue weighted by atomic mass is 16.6. The quantitative estimate of drug-likeness (QED) is 0.521. The Labute approximate surface area is 167 Å². The molecule has 150 valence electrons. The van der Waals surface area contributed by atoms with Crippen molar-refractivity contribution in [1.29, 1.82) is 0 Å². The highest BCUT2D eigenvalue weighted by Gasteiger charge is 2.43. The van der Waals surface area contributed by atoms with Crippen LogP contribution in [-0.2, 0) is 20.9 Å². The Morgan fingerprint density at radius 3 is 2.68 bits per heavy atom. The summed E-state index contributed by atoms with van der Waals surface area (Å²) in [6.07, 6.45) is 7.52. The highest BCUT2D eigenvalue weighted by molar-refractivity contribution is 5.75. The van der Waals surface area contributed by atoms with Gasteiger partial charge in [0, 0.05) is 17.7 Å². The van der Waals surface area contributed by atoms with Gasteiger partial charge in [-0.1, -0.05) is 42.5 Å². The third kappa shape index (κ3) is 4.46. The second-order valence-electron chi connectivity index (χ2n) is 7.34. The fraction of sp³-hybridized carbons (Fsp3) is 0.478. The Bertz CT molecular complexity index is 727. The molecule has 1 aliphatic heterocycles. The first-order chi connectivity index (χ1) is 13.7. The normalized spacial score (nSPS) is 24.0. The van der Waals surface area contributed by atoms with Crippen molar-refractivity contribution in [3.05, 3.63) is 60.3 Å². The van der Waals surface area contributed by atoms with Gasteiger partial charge in [0.05, 0.1) is 12.5 Å². The van der Waals surface area contributed by atoms with Gasteiger partial charge in [-0.3, -0.25) is 9.69 Å². The number of hydrogen-bond donors (Lipinski definition) is 0. The summed E-state index contributed by atoms with van der Waals surface area (Å²) in [6, 6.07) is 9.67. The standard InChI is InChI=1S/C23H29NO4/c1-3-9-18-14-15-19-20(22(25)27-4-2)12-8-13-21(19)24(18)23(26)28-16-17-10-6-5-7-11-17/h3,5-7,10-11,13,18-20H,1,4,8-9,12,14-16H2,2H3/t18-,19+,20-/m1/s1. The number of allylic oxidation sites excluding steroid dienone is 2. The Balaban J connectivity index is 1.78. The number of esters is 1. The number of ether oxygens (including phenoxy) is 2. The molecule has 1 aliphatic carbocycles. The number of rotatable bonds is 6. The van der Waals surface area contributed by atoms with E-state index in [9.17, 15) is 9.59 Å². The summed E-state index contributed by atoms with van der Waals surface area (Å²) >= 11 is 0. The number of piperidine rings is 1. The van der Waals surface area contributed by atoms with Gasteiger partial charge >= 0.3 is 12.1 Å². The van der Waals surface area contributed by atoms with E-state index in [1.807, 2.05) is 43.3 Å². The summed E-state index contributed by atoms with van der Waals surface area (Å²) in [4.78, 5) is 27.2. The number of amides is 1. The molecule has 0 saturated carbocycles. The minimum absolute atomic E-state index is 0.0122. The summed E-state index contributed by atoms with van der Waals surface area (Å²) < 4.78 is 10.9. The van der Waals surface area contributed by atoms with E-state index in [1.54, 1.807) is 4.90 Å². The van der Waals surface area contributed by atoms with Crippen molar-refractivity contribution in [3.8, 4) is 0 Å². The first-order valence-electron chi connectivity index (χ1n) is 10.1. The predicted molar refractivity (Wildman–Crippen MR) is 107 cm³/mol. The van der Waals surface area contributed by atoms with Crippen LogP contribution in [0.5, 0.6) is 0 Å². The molecule has 3 rings (SSSR count). The Morgan fingerprint density at radius 2 is 1.96 bits per heavy atom. The topological polar surface area (TPSA) is 55.8 Å². The van der Waals surface area contributed by atoms with Crippen molar-refractivity contribution in [3.63, 3.8) is 0 Å². The van der Waals surface area contributed by atoms with Crippen LogP contribution in [0.2, 0.25) is 0 Å². The van der Waals surface area contributed by atoms with Crippen LogP contribution in [0, 0.1) is 11.8 Å². The van der Waals surface area contributed by atoms with Gasteiger partial charge in [-0.2, -0.15) is 0 Å². The average molecular weight is 383 g/mol. The monoisotopic (exact) mass is 383 g/mol. The third-order valence-electron chi connectivity index (χ3n) is 5.58. The van der Waals surface area contributed by atoms with Crippen LogP contribution in [0.1, 0.15) is 44.6 Å². The van der Waals surface area contributed by atoms with Gasteiger partial charge < -0.3 is 9.47 Å².